The van der Waals surface area contributed by atoms with Crippen LogP contribution in [0.4, 0.5) is 0 Å². The topological polar surface area (TPSA) is 35.6 Å². The minimum Gasteiger partial charge on any atom is -0.327 e. The van der Waals surface area contributed by atoms with Crippen molar-refractivity contribution in [3.05, 3.63) is 186 Å². The summed E-state index contributed by atoms with van der Waals surface area (Å²) >= 11 is 0. The van der Waals surface area contributed by atoms with E-state index in [0.717, 1.165) is 77.8 Å². The van der Waals surface area contributed by atoms with Crippen molar-refractivity contribution in [1.82, 2.24) is 19.1 Å². The van der Waals surface area contributed by atoms with Crippen LogP contribution in [0.3, 0.4) is 0 Å². The van der Waals surface area contributed by atoms with Gasteiger partial charge in [-0.05, 0) is 115 Å². The Kier molecular flexibility index (Phi) is 11.6. The predicted octanol–water partition coefficient (Wildman–Crippen LogP) is 13.8. The van der Waals surface area contributed by atoms with E-state index in [1.54, 1.807) is 0 Å². The number of imidazole rings is 2. The first-order chi connectivity index (χ1) is 28.0. The Bertz CT molecular complexity index is 2600. The number of hydrogen-bond acceptors (Lipinski definition) is 2. The van der Waals surface area contributed by atoms with Gasteiger partial charge in [-0.15, -0.1) is 0 Å². The number of hydrogen-bond donors (Lipinski definition) is 0. The van der Waals surface area contributed by atoms with Crippen LogP contribution in [0, 0.1) is 5.92 Å². The molecule has 0 aliphatic heterocycles. The summed E-state index contributed by atoms with van der Waals surface area (Å²) in [5.74, 6) is 2.55. The van der Waals surface area contributed by atoms with Crippen LogP contribution in [0.25, 0.3) is 50.2 Å². The van der Waals surface area contributed by atoms with Crippen LogP contribution in [0.2, 0.25) is 0 Å². The maximum atomic E-state index is 5.11. The van der Waals surface area contributed by atoms with Crippen LogP contribution in [-0.2, 0) is 14.1 Å². The van der Waals surface area contributed by atoms with Crippen LogP contribution in [0.1, 0.15) is 76.1 Å². The fourth-order valence-corrected chi connectivity index (χ4v) is 8.56. The Morgan fingerprint density at radius 2 is 1.53 bits per heavy atom. The summed E-state index contributed by atoms with van der Waals surface area (Å²) < 4.78 is 4.44. The van der Waals surface area contributed by atoms with Gasteiger partial charge in [-0.2, -0.15) is 0 Å². The molecule has 0 saturated carbocycles. The zero-order chi connectivity index (χ0) is 39.1. The fraction of sp³-hybridized carbons (Fsp3) is 0.245. The van der Waals surface area contributed by atoms with E-state index in [4.69, 9.17) is 9.97 Å². The molecule has 4 heteroatoms. The first kappa shape index (κ1) is 37.9. The largest absolute Gasteiger partial charge is 0.327 e. The predicted molar refractivity (Wildman–Crippen MR) is 242 cm³/mol. The van der Waals surface area contributed by atoms with E-state index < -0.39 is 0 Å². The van der Waals surface area contributed by atoms with Crippen LogP contribution >= 0.6 is 0 Å². The maximum absolute atomic E-state index is 5.11. The van der Waals surface area contributed by atoms with Crippen LogP contribution in [0.15, 0.2) is 175 Å². The first-order valence-corrected chi connectivity index (χ1v) is 20.8. The molecule has 0 N–H and O–H groups in total. The van der Waals surface area contributed by atoms with Gasteiger partial charge in [0, 0.05) is 31.1 Å². The molecule has 0 spiro atoms. The Hall–Kier alpha value is -6.00. The summed E-state index contributed by atoms with van der Waals surface area (Å²) in [5.41, 5.74) is 14.7. The summed E-state index contributed by atoms with van der Waals surface area (Å²) in [6.07, 6.45) is 31.3. The highest BCUT2D eigenvalue weighted by Gasteiger charge is 2.19. The van der Waals surface area contributed by atoms with Crippen molar-refractivity contribution in [2.45, 2.75) is 64.7 Å². The van der Waals surface area contributed by atoms with Crippen LogP contribution in [0.5, 0.6) is 0 Å². The third kappa shape index (κ3) is 8.27. The lowest BCUT2D eigenvalue weighted by Gasteiger charge is -2.23. The van der Waals surface area contributed by atoms with E-state index in [0.29, 0.717) is 5.92 Å². The fourth-order valence-electron chi connectivity index (χ4n) is 8.56. The smallest absolute Gasteiger partial charge is 0.140 e. The molecule has 2 unspecified atom stereocenters. The highest BCUT2D eigenvalue weighted by molar-refractivity contribution is 5.83. The Balaban J connectivity index is 1.06. The lowest BCUT2D eigenvalue weighted by molar-refractivity contribution is 0.683. The monoisotopic (exact) mass is 746 g/mol. The number of benzene rings is 4. The molecule has 6 aromatic rings. The van der Waals surface area contributed by atoms with Gasteiger partial charge in [-0.25, -0.2) is 9.97 Å². The zero-order valence-corrected chi connectivity index (χ0v) is 33.9. The minimum atomic E-state index is 0.222. The Morgan fingerprint density at radius 1 is 0.772 bits per heavy atom. The van der Waals surface area contributed by atoms with Gasteiger partial charge in [-0.3, -0.25) is 0 Å². The van der Waals surface area contributed by atoms with Crippen molar-refractivity contribution in [2.75, 3.05) is 0 Å². The van der Waals surface area contributed by atoms with E-state index in [-0.39, 0.29) is 5.92 Å². The van der Waals surface area contributed by atoms with Crippen LogP contribution in [-0.4, -0.2) is 19.1 Å². The number of fused-ring (bicyclic) bond motifs is 2. The van der Waals surface area contributed by atoms with Gasteiger partial charge in [0.25, 0.3) is 0 Å². The molecule has 0 fully saturated rings. The van der Waals surface area contributed by atoms with Crippen molar-refractivity contribution in [1.29, 1.82) is 0 Å². The molecule has 2 heterocycles. The second-order valence-corrected chi connectivity index (χ2v) is 15.5. The second kappa shape index (κ2) is 17.4. The number of para-hydroxylation sites is 4. The van der Waals surface area contributed by atoms with Gasteiger partial charge in [0.15, 0.2) is 0 Å². The van der Waals surface area contributed by atoms with Crippen molar-refractivity contribution in [3.8, 4) is 22.5 Å². The average molecular weight is 747 g/mol. The molecule has 4 nitrogen and oxygen atoms in total. The van der Waals surface area contributed by atoms with E-state index in [1.165, 1.54) is 45.4 Å². The SMILES string of the molecule is CCC(/C=C\C(=C/CC1=CCCC=C1)c1nc2ccccc2n1C)C1=CCCC/C1=C\C=C/C(C)c1ccc(-c2nc3ccccc3n2C)cc1-c1ccccc1. The van der Waals surface area contributed by atoms with Crippen molar-refractivity contribution in [3.63, 3.8) is 0 Å². The average Bonchev–Trinajstić information content (AvgIpc) is 3.78. The molecule has 0 saturated heterocycles. The molecule has 2 aliphatic rings. The van der Waals surface area contributed by atoms with E-state index >= 15 is 0 Å². The van der Waals surface area contributed by atoms with Gasteiger partial charge < -0.3 is 9.13 Å². The molecule has 0 bridgehead atoms. The summed E-state index contributed by atoms with van der Waals surface area (Å²) in [6.45, 7) is 4.63. The quantitative estimate of drug-likeness (QED) is 0.117. The second-order valence-electron chi connectivity index (χ2n) is 15.5. The molecule has 0 amide bonds. The molecule has 2 aliphatic carbocycles. The van der Waals surface area contributed by atoms with E-state index in [1.807, 2.05) is 0 Å². The highest BCUT2D eigenvalue weighted by atomic mass is 15.1. The van der Waals surface area contributed by atoms with Gasteiger partial charge >= 0.3 is 0 Å². The van der Waals surface area contributed by atoms with Gasteiger partial charge in [-0.1, -0.05) is 141 Å². The molecular formula is C53H54N4. The Labute approximate surface area is 338 Å². The van der Waals surface area contributed by atoms with Gasteiger partial charge in [0.05, 0.1) is 22.1 Å². The number of aromatic nitrogens is 4. The molecule has 2 aromatic heterocycles. The molecule has 8 rings (SSSR count). The normalized spacial score (nSPS) is 16.9. The lowest BCUT2D eigenvalue weighted by atomic mass is 9.82. The molecule has 286 valence electrons. The molecule has 2 atom stereocenters. The molecular weight excluding hydrogens is 693 g/mol. The Morgan fingerprint density at radius 3 is 2.26 bits per heavy atom. The highest BCUT2D eigenvalue weighted by Crippen LogP contribution is 2.36. The van der Waals surface area contributed by atoms with Crippen LogP contribution < -0.4 is 0 Å². The van der Waals surface area contributed by atoms with Gasteiger partial charge in [0.2, 0.25) is 0 Å². The maximum Gasteiger partial charge on any atom is 0.140 e. The van der Waals surface area contributed by atoms with E-state index in [2.05, 4.69) is 195 Å². The van der Waals surface area contributed by atoms with Crippen molar-refractivity contribution in [2.24, 2.45) is 20.0 Å². The van der Waals surface area contributed by atoms with Gasteiger partial charge in [0.1, 0.15) is 11.6 Å². The summed E-state index contributed by atoms with van der Waals surface area (Å²) in [5, 5.41) is 0. The third-order valence-electron chi connectivity index (χ3n) is 11.8. The van der Waals surface area contributed by atoms with Crippen molar-refractivity contribution < 1.29 is 0 Å². The minimum absolute atomic E-state index is 0.222. The number of aryl methyl sites for hydroxylation is 2. The summed E-state index contributed by atoms with van der Waals surface area (Å²) in [6, 6.07) is 34.5. The molecule has 4 aromatic carbocycles. The number of nitrogens with zero attached hydrogens (tertiary/aromatic N) is 4. The first-order valence-electron chi connectivity index (χ1n) is 20.8. The lowest BCUT2D eigenvalue weighted by Crippen LogP contribution is -2.07. The summed E-state index contributed by atoms with van der Waals surface area (Å²) in [7, 11) is 4.25. The summed E-state index contributed by atoms with van der Waals surface area (Å²) in [4.78, 5) is 10.1. The third-order valence-corrected chi connectivity index (χ3v) is 11.8. The number of rotatable bonds is 12. The standard InChI is InChI=1S/C53H54N4/c1-5-40(33-34-43(32-31-39-20-8-6-9-21-39)52-54-48-27-14-16-29-50(48)56(52)3)46-26-13-12-24-41(46)25-18-19-38(2)45-36-35-44(37-47(45)42-22-10-7-11-23-42)53-55-49-28-15-17-30-51(49)57(53)4/h7-8,10-11,14-23,25-30,32-38,40H,5-6,9,12-13,24,31H2,1-4H3/b19-18-,34-33-,41-25+,43-32+. The van der Waals surface area contributed by atoms with E-state index in [9.17, 15) is 0 Å². The molecule has 0 radical (unpaired) electrons. The zero-order valence-electron chi connectivity index (χ0n) is 33.9. The van der Waals surface area contributed by atoms with Crippen molar-refractivity contribution >= 4 is 27.6 Å². The number of allylic oxidation sites excluding steroid dienone is 14. The molecule has 57 heavy (non-hydrogen) atoms.